The quantitative estimate of drug-likeness (QED) is 0.801. The molecule has 5 heteroatoms. The van der Waals surface area contributed by atoms with Gasteiger partial charge < -0.3 is 10.6 Å². The van der Waals surface area contributed by atoms with Gasteiger partial charge in [0, 0.05) is 23.5 Å². The van der Waals surface area contributed by atoms with Crippen molar-refractivity contribution in [2.45, 2.75) is 25.8 Å². The van der Waals surface area contributed by atoms with Crippen LogP contribution in [0.3, 0.4) is 0 Å². The number of anilines is 1. The van der Waals surface area contributed by atoms with E-state index in [0.717, 1.165) is 19.4 Å². The molecule has 1 aromatic rings. The van der Waals surface area contributed by atoms with Gasteiger partial charge in [-0.2, -0.15) is 0 Å². The van der Waals surface area contributed by atoms with Gasteiger partial charge in [0.05, 0.1) is 0 Å². The molecule has 0 aliphatic carbocycles. The van der Waals surface area contributed by atoms with Gasteiger partial charge >= 0.3 is 0 Å². The Kier molecular flexibility index (Phi) is 3.33. The molecular weight excluding hydrogens is 210 g/mol. The van der Waals surface area contributed by atoms with Crippen LogP contribution in [0.1, 0.15) is 19.8 Å². The molecule has 0 bridgehead atoms. The topological polar surface area (TPSA) is 54.0 Å². The molecule has 1 aliphatic heterocycles. The number of hydrogen-bond donors (Lipinski definition) is 2. The zero-order valence-corrected chi connectivity index (χ0v) is 9.51. The van der Waals surface area contributed by atoms with Gasteiger partial charge in [-0.3, -0.25) is 4.79 Å². The number of rotatable bonds is 2. The number of nitrogens with zero attached hydrogens (tertiary/aromatic N) is 1. The number of carbonyl (C=O) groups is 1. The lowest BCUT2D eigenvalue weighted by Crippen LogP contribution is -2.40. The van der Waals surface area contributed by atoms with E-state index in [1.54, 1.807) is 6.20 Å². The van der Waals surface area contributed by atoms with E-state index in [4.69, 9.17) is 0 Å². The second-order valence-electron chi connectivity index (χ2n) is 3.90. The molecule has 1 aliphatic rings. The molecule has 1 saturated heterocycles. The highest BCUT2D eigenvalue weighted by atomic mass is 32.1. The Morgan fingerprint density at radius 2 is 2.60 bits per heavy atom. The Bertz CT molecular complexity index is 325. The first kappa shape index (κ1) is 10.6. The first-order valence-electron chi connectivity index (χ1n) is 5.19. The largest absolute Gasteiger partial charge is 0.314 e. The van der Waals surface area contributed by atoms with E-state index in [9.17, 15) is 4.79 Å². The van der Waals surface area contributed by atoms with Crippen molar-refractivity contribution in [1.82, 2.24) is 10.3 Å². The lowest BCUT2D eigenvalue weighted by Gasteiger charge is -2.26. The summed E-state index contributed by atoms with van der Waals surface area (Å²) in [6.07, 6.45) is 3.53. The fraction of sp³-hybridized carbons (Fsp3) is 0.600. The maximum absolute atomic E-state index is 11.8. The smallest absolute Gasteiger partial charge is 0.229 e. The molecule has 0 saturated carbocycles. The molecule has 0 aromatic carbocycles. The normalized spacial score (nSPS) is 26.2. The number of amides is 1. The van der Waals surface area contributed by atoms with Crippen LogP contribution in [0.25, 0.3) is 0 Å². The summed E-state index contributed by atoms with van der Waals surface area (Å²) in [7, 11) is 0. The van der Waals surface area contributed by atoms with Crippen LogP contribution in [-0.4, -0.2) is 23.5 Å². The molecule has 0 radical (unpaired) electrons. The van der Waals surface area contributed by atoms with Gasteiger partial charge in [0.1, 0.15) is 0 Å². The highest BCUT2D eigenvalue weighted by Crippen LogP contribution is 2.19. The van der Waals surface area contributed by atoms with E-state index >= 15 is 0 Å². The minimum absolute atomic E-state index is 0.110. The minimum Gasteiger partial charge on any atom is -0.314 e. The van der Waals surface area contributed by atoms with Crippen molar-refractivity contribution in [1.29, 1.82) is 0 Å². The maximum atomic E-state index is 11.8. The summed E-state index contributed by atoms with van der Waals surface area (Å²) in [5.41, 5.74) is 0. The number of nitrogens with one attached hydrogen (secondary N) is 2. The van der Waals surface area contributed by atoms with Gasteiger partial charge in [0.2, 0.25) is 5.91 Å². The van der Waals surface area contributed by atoms with Crippen LogP contribution < -0.4 is 10.6 Å². The molecule has 0 unspecified atom stereocenters. The SMILES string of the molecule is C[C@H]1C[C@@H](C(=O)Nc2nccs2)CCN1. The molecule has 2 rings (SSSR count). The second-order valence-corrected chi connectivity index (χ2v) is 4.80. The first-order chi connectivity index (χ1) is 7.25. The highest BCUT2D eigenvalue weighted by molar-refractivity contribution is 7.13. The van der Waals surface area contributed by atoms with Crippen molar-refractivity contribution in [3.05, 3.63) is 11.6 Å². The Morgan fingerprint density at radius 1 is 1.73 bits per heavy atom. The minimum atomic E-state index is 0.110. The average Bonchev–Trinajstić information content (AvgIpc) is 2.70. The average molecular weight is 225 g/mol. The van der Waals surface area contributed by atoms with Crippen LogP contribution in [-0.2, 0) is 4.79 Å². The van der Waals surface area contributed by atoms with Gasteiger partial charge in [-0.15, -0.1) is 11.3 Å². The van der Waals surface area contributed by atoms with Crippen molar-refractivity contribution >= 4 is 22.4 Å². The fourth-order valence-corrected chi connectivity index (χ4v) is 2.39. The summed E-state index contributed by atoms with van der Waals surface area (Å²) in [6.45, 7) is 3.04. The van der Waals surface area contributed by atoms with Gasteiger partial charge in [-0.25, -0.2) is 4.98 Å². The molecule has 1 amide bonds. The molecule has 2 N–H and O–H groups in total. The Labute approximate surface area is 93.1 Å². The predicted molar refractivity (Wildman–Crippen MR) is 60.9 cm³/mol. The van der Waals surface area contributed by atoms with E-state index in [1.807, 2.05) is 5.38 Å². The van der Waals surface area contributed by atoms with Crippen LogP contribution in [0.15, 0.2) is 11.6 Å². The third-order valence-electron chi connectivity index (χ3n) is 2.66. The molecule has 4 nitrogen and oxygen atoms in total. The predicted octanol–water partition coefficient (Wildman–Crippen LogP) is 1.47. The van der Waals surface area contributed by atoms with Crippen molar-refractivity contribution in [3.63, 3.8) is 0 Å². The zero-order chi connectivity index (χ0) is 10.7. The van der Waals surface area contributed by atoms with Crippen molar-refractivity contribution < 1.29 is 4.79 Å². The zero-order valence-electron chi connectivity index (χ0n) is 8.69. The van der Waals surface area contributed by atoms with Gasteiger partial charge in [0.15, 0.2) is 5.13 Å². The molecule has 1 aromatic heterocycles. The maximum Gasteiger partial charge on any atom is 0.229 e. The summed E-state index contributed by atoms with van der Waals surface area (Å²) in [4.78, 5) is 15.9. The number of aromatic nitrogens is 1. The van der Waals surface area contributed by atoms with Crippen LogP contribution in [0.2, 0.25) is 0 Å². The number of hydrogen-bond acceptors (Lipinski definition) is 4. The summed E-state index contributed by atoms with van der Waals surface area (Å²) in [5, 5.41) is 8.75. The molecule has 2 atom stereocenters. The van der Waals surface area contributed by atoms with E-state index < -0.39 is 0 Å². The van der Waals surface area contributed by atoms with E-state index in [2.05, 4.69) is 22.5 Å². The first-order valence-corrected chi connectivity index (χ1v) is 6.07. The van der Waals surface area contributed by atoms with E-state index in [0.29, 0.717) is 11.2 Å². The highest BCUT2D eigenvalue weighted by Gasteiger charge is 2.24. The Morgan fingerprint density at radius 3 is 3.27 bits per heavy atom. The molecular formula is C10H15N3OS. The van der Waals surface area contributed by atoms with Crippen LogP contribution in [0.4, 0.5) is 5.13 Å². The fourth-order valence-electron chi connectivity index (χ4n) is 1.86. The lowest BCUT2D eigenvalue weighted by atomic mass is 9.93. The van der Waals surface area contributed by atoms with Crippen LogP contribution >= 0.6 is 11.3 Å². The molecule has 2 heterocycles. The third-order valence-corrected chi connectivity index (χ3v) is 3.35. The van der Waals surface area contributed by atoms with Crippen molar-refractivity contribution in [3.8, 4) is 0 Å². The standard InChI is InChI=1S/C10H15N3OS/c1-7-6-8(2-3-11-7)9(14)13-10-12-4-5-15-10/h4-5,7-8,11H,2-3,6H2,1H3,(H,12,13,14)/t7-,8-/m0/s1. The van der Waals surface area contributed by atoms with Gasteiger partial charge in [-0.1, -0.05) is 0 Å². The summed E-state index contributed by atoms with van der Waals surface area (Å²) in [6, 6.07) is 0.436. The van der Waals surface area contributed by atoms with Crippen LogP contribution in [0, 0.1) is 5.92 Å². The Hall–Kier alpha value is -0.940. The van der Waals surface area contributed by atoms with Gasteiger partial charge in [-0.05, 0) is 26.3 Å². The van der Waals surface area contributed by atoms with Crippen LogP contribution in [0.5, 0.6) is 0 Å². The van der Waals surface area contributed by atoms with Gasteiger partial charge in [0.25, 0.3) is 0 Å². The number of carbonyl (C=O) groups excluding carboxylic acids is 1. The van der Waals surface area contributed by atoms with Crippen molar-refractivity contribution in [2.75, 3.05) is 11.9 Å². The lowest BCUT2D eigenvalue weighted by molar-refractivity contribution is -0.120. The molecule has 82 valence electrons. The molecule has 15 heavy (non-hydrogen) atoms. The molecule has 1 fully saturated rings. The second kappa shape index (κ2) is 4.72. The summed E-state index contributed by atoms with van der Waals surface area (Å²) >= 11 is 1.46. The van der Waals surface area contributed by atoms with Crippen molar-refractivity contribution in [2.24, 2.45) is 5.92 Å². The van der Waals surface area contributed by atoms with E-state index in [-0.39, 0.29) is 11.8 Å². The molecule has 0 spiro atoms. The summed E-state index contributed by atoms with van der Waals surface area (Å²) < 4.78 is 0. The summed E-state index contributed by atoms with van der Waals surface area (Å²) in [5.74, 6) is 0.239. The third kappa shape index (κ3) is 2.76. The number of thiazole rings is 1. The van der Waals surface area contributed by atoms with E-state index in [1.165, 1.54) is 11.3 Å². The monoisotopic (exact) mass is 225 g/mol. The Balaban J connectivity index is 1.90. The number of piperidine rings is 1.